The Bertz CT molecular complexity index is 71.2. The summed E-state index contributed by atoms with van der Waals surface area (Å²) in [6.07, 6.45) is 2.46. The normalized spacial score (nSPS) is 18.7. The van der Waals surface area contributed by atoms with Crippen LogP contribution in [-0.2, 0) is 15.6 Å². The fraction of sp³-hybridized carbons (Fsp3) is 0.667. The SMILES string of the molecule is [Co][B]1C=BCC1. The molecule has 6 heavy (non-hydrogen) atoms. The summed E-state index contributed by atoms with van der Waals surface area (Å²) in [6.45, 7) is 2.18. The maximum absolute atomic E-state index is 4.25. The van der Waals surface area contributed by atoms with Crippen molar-refractivity contribution in [1.82, 2.24) is 0 Å². The van der Waals surface area contributed by atoms with Gasteiger partial charge >= 0.3 is 46.6 Å². The Morgan fingerprint density at radius 3 is 2.83 bits per heavy atom. The first-order valence-electron chi connectivity index (χ1n) is 2.18. The molecular weight excluding hydrogens is 117 g/mol. The Kier molecular flexibility index (Phi) is 1.54. The summed E-state index contributed by atoms with van der Waals surface area (Å²) < 4.78 is 0. The number of rotatable bonds is 0. The molecule has 0 saturated carbocycles. The first-order valence-corrected chi connectivity index (χ1v) is 2.78. The van der Waals surface area contributed by atoms with Crippen molar-refractivity contribution in [3.8, 4) is 0 Å². The second kappa shape index (κ2) is 1.98. The van der Waals surface area contributed by atoms with Gasteiger partial charge in [0.05, 0.1) is 0 Å². The molecule has 0 aromatic carbocycles. The van der Waals surface area contributed by atoms with Crippen LogP contribution in [0.25, 0.3) is 0 Å². The fourth-order valence-corrected chi connectivity index (χ4v) is 0.897. The predicted molar refractivity (Wildman–Crippen MR) is 27.2 cm³/mol. The molecule has 0 spiro atoms. The van der Waals surface area contributed by atoms with Gasteiger partial charge in [0.25, 0.3) is 0 Å². The zero-order chi connectivity index (χ0) is 4.41. The second-order valence-corrected chi connectivity index (χ2v) is 2.26. The first kappa shape index (κ1) is 4.66. The van der Waals surface area contributed by atoms with Crippen molar-refractivity contribution in [2.75, 3.05) is 0 Å². The van der Waals surface area contributed by atoms with E-state index in [1.807, 2.05) is 0 Å². The van der Waals surface area contributed by atoms with Crippen molar-refractivity contribution in [3.05, 3.63) is 0 Å². The third kappa shape index (κ3) is 0.983. The average molecular weight is 122 g/mol. The Morgan fingerprint density at radius 2 is 2.67 bits per heavy atom. The molecule has 3 heteroatoms. The Hall–Kier alpha value is 0.506. The van der Waals surface area contributed by atoms with Crippen LogP contribution >= 0.6 is 0 Å². The summed E-state index contributed by atoms with van der Waals surface area (Å²) in [7, 11) is 0. The van der Waals surface area contributed by atoms with Crippen LogP contribution < -0.4 is 0 Å². The molecule has 32 valence electrons. The zero-order valence-corrected chi connectivity index (χ0v) is 4.52. The Morgan fingerprint density at radius 1 is 1.83 bits per heavy atom. The number of hydrogen-bond acceptors (Lipinski definition) is 0. The summed E-state index contributed by atoms with van der Waals surface area (Å²) in [5, 5.41) is 0. The third-order valence-corrected chi connectivity index (χ3v) is 1.43. The van der Waals surface area contributed by atoms with Crippen LogP contribution in [0.3, 0.4) is 0 Å². The van der Waals surface area contributed by atoms with Gasteiger partial charge in [0, 0.05) is 0 Å². The van der Waals surface area contributed by atoms with Gasteiger partial charge in [0.1, 0.15) is 0 Å². The summed E-state index contributed by atoms with van der Waals surface area (Å²) in [5.74, 6) is 2.14. The summed E-state index contributed by atoms with van der Waals surface area (Å²) in [6, 6.07) is 0. The minimum absolute atomic E-state index is 0.553. The van der Waals surface area contributed by atoms with Gasteiger partial charge in [-0.15, -0.1) is 0 Å². The summed E-state index contributed by atoms with van der Waals surface area (Å²) in [4.78, 5) is 0. The topological polar surface area (TPSA) is 0 Å². The van der Waals surface area contributed by atoms with Crippen molar-refractivity contribution >= 4 is 18.4 Å². The van der Waals surface area contributed by atoms with E-state index < -0.39 is 0 Å². The van der Waals surface area contributed by atoms with Crippen LogP contribution in [0.1, 0.15) is 0 Å². The minimum atomic E-state index is 0.553. The van der Waals surface area contributed by atoms with Crippen molar-refractivity contribution in [1.29, 1.82) is 0 Å². The molecular formula is C3H5B2Co. The summed E-state index contributed by atoms with van der Waals surface area (Å²) >= 11 is 4.25. The monoisotopic (exact) mass is 122 g/mol. The zero-order valence-electron chi connectivity index (χ0n) is 3.48. The van der Waals surface area contributed by atoms with E-state index in [1.165, 1.54) is 12.6 Å². The van der Waals surface area contributed by atoms with Gasteiger partial charge in [-0.25, -0.2) is 0 Å². The molecule has 0 amide bonds. The van der Waals surface area contributed by atoms with Crippen molar-refractivity contribution in [2.45, 2.75) is 12.6 Å². The molecule has 1 aliphatic heterocycles. The molecule has 1 heterocycles. The van der Waals surface area contributed by atoms with Crippen molar-refractivity contribution in [2.24, 2.45) is 0 Å². The van der Waals surface area contributed by atoms with E-state index in [-0.39, 0.29) is 0 Å². The van der Waals surface area contributed by atoms with Gasteiger partial charge < -0.3 is 0 Å². The van der Waals surface area contributed by atoms with Crippen LogP contribution in [-0.4, -0.2) is 18.4 Å². The van der Waals surface area contributed by atoms with Crippen LogP contribution in [0.2, 0.25) is 12.6 Å². The van der Waals surface area contributed by atoms with E-state index >= 15 is 0 Å². The molecule has 1 rings (SSSR count). The predicted octanol–water partition coefficient (Wildman–Crippen LogP) is 0.00220. The number of hydrogen-bond donors (Lipinski definition) is 0. The molecule has 0 aromatic heterocycles. The first-order chi connectivity index (χ1) is 2.89. The van der Waals surface area contributed by atoms with Gasteiger partial charge in [0.15, 0.2) is 0 Å². The van der Waals surface area contributed by atoms with Crippen LogP contribution in [0, 0.1) is 0 Å². The van der Waals surface area contributed by atoms with E-state index in [4.69, 9.17) is 0 Å². The van der Waals surface area contributed by atoms with E-state index in [0.717, 1.165) is 0 Å². The van der Waals surface area contributed by atoms with Crippen molar-refractivity contribution in [3.63, 3.8) is 0 Å². The van der Waals surface area contributed by atoms with Crippen LogP contribution in [0.4, 0.5) is 0 Å². The molecule has 0 radical (unpaired) electrons. The molecule has 0 nitrogen and oxygen atoms in total. The van der Waals surface area contributed by atoms with Gasteiger partial charge in [-0.2, -0.15) is 0 Å². The van der Waals surface area contributed by atoms with E-state index in [1.54, 1.807) is 0 Å². The fourth-order valence-electron chi connectivity index (χ4n) is 0.582. The van der Waals surface area contributed by atoms with Gasteiger partial charge in [-0.1, -0.05) is 0 Å². The molecule has 0 unspecified atom stereocenters. The average Bonchev–Trinajstić information content (AvgIpc) is 1.86. The molecule has 0 fully saturated rings. The van der Waals surface area contributed by atoms with Crippen LogP contribution in [0.15, 0.2) is 0 Å². The Balaban J connectivity index is 2.38. The van der Waals surface area contributed by atoms with E-state index in [2.05, 4.69) is 28.4 Å². The van der Waals surface area contributed by atoms with Crippen molar-refractivity contribution < 1.29 is 15.6 Å². The molecule has 0 aliphatic carbocycles. The molecule has 0 N–H and O–H groups in total. The standard InChI is InChI=1S/C3H5B2.Co/c1-2-5-3-4-1;/h3H,1-2H2;/q+1;-1. The molecule has 0 atom stereocenters. The summed E-state index contributed by atoms with van der Waals surface area (Å²) in [5.41, 5.74) is 0.553. The second-order valence-electron chi connectivity index (χ2n) is 1.49. The molecule has 0 aromatic rings. The van der Waals surface area contributed by atoms with Crippen LogP contribution in [0.5, 0.6) is 0 Å². The van der Waals surface area contributed by atoms with E-state index in [9.17, 15) is 0 Å². The van der Waals surface area contributed by atoms with Gasteiger partial charge in [-0.05, 0) is 0 Å². The molecule has 1 aliphatic rings. The molecule has 0 bridgehead atoms. The third-order valence-electron chi connectivity index (χ3n) is 0.933. The quantitative estimate of drug-likeness (QED) is 0.396. The Labute approximate surface area is 47.1 Å². The van der Waals surface area contributed by atoms with E-state index in [0.29, 0.717) is 5.56 Å². The molecule has 0 saturated heterocycles. The van der Waals surface area contributed by atoms with Gasteiger partial charge in [-0.3, -0.25) is 0 Å². The maximum atomic E-state index is 4.25. The van der Waals surface area contributed by atoms with Gasteiger partial charge in [0.2, 0.25) is 0 Å².